The second-order valence-corrected chi connectivity index (χ2v) is 6.81. The van der Waals surface area contributed by atoms with Crippen LogP contribution >= 0.6 is 0 Å². The molecule has 5 nitrogen and oxygen atoms in total. The number of rotatable bonds is 10. The van der Waals surface area contributed by atoms with E-state index in [2.05, 4.69) is 12.2 Å². The zero-order chi connectivity index (χ0) is 20.4. The molecule has 1 atom stereocenters. The monoisotopic (exact) mass is 382 g/mol. The van der Waals surface area contributed by atoms with Crippen molar-refractivity contribution in [1.82, 2.24) is 10.2 Å². The van der Waals surface area contributed by atoms with Crippen molar-refractivity contribution in [2.45, 2.75) is 45.7 Å². The molecule has 0 bridgehead atoms. The van der Waals surface area contributed by atoms with Crippen LogP contribution in [0, 0.1) is 0 Å². The Hall–Kier alpha value is -2.82. The normalized spacial score (nSPS) is 11.5. The van der Waals surface area contributed by atoms with Gasteiger partial charge in [-0.2, -0.15) is 0 Å². The van der Waals surface area contributed by atoms with Crippen LogP contribution in [0.1, 0.15) is 50.3 Å². The van der Waals surface area contributed by atoms with Crippen LogP contribution in [0.5, 0.6) is 5.75 Å². The zero-order valence-corrected chi connectivity index (χ0v) is 17.0. The van der Waals surface area contributed by atoms with E-state index in [1.165, 1.54) is 6.92 Å². The summed E-state index contributed by atoms with van der Waals surface area (Å²) in [7, 11) is 1.62. The molecule has 0 saturated carbocycles. The maximum absolute atomic E-state index is 13.0. The fourth-order valence-electron chi connectivity index (χ4n) is 3.10. The lowest BCUT2D eigenvalue weighted by molar-refractivity contribution is -0.140. The smallest absolute Gasteiger partial charge is 0.247 e. The van der Waals surface area contributed by atoms with Gasteiger partial charge >= 0.3 is 0 Å². The highest BCUT2D eigenvalue weighted by Gasteiger charge is 2.29. The van der Waals surface area contributed by atoms with Gasteiger partial charge in [-0.15, -0.1) is 0 Å². The Morgan fingerprint density at radius 3 is 2.29 bits per heavy atom. The fourth-order valence-corrected chi connectivity index (χ4v) is 3.10. The molecule has 0 heterocycles. The third-order valence-corrected chi connectivity index (χ3v) is 4.67. The van der Waals surface area contributed by atoms with Crippen molar-refractivity contribution >= 4 is 11.8 Å². The number of hydrogen-bond acceptors (Lipinski definition) is 3. The third kappa shape index (κ3) is 6.12. The SMILES string of the molecule is CCCCCNC(=O)[C@H](c1ccccc1)N(Cc1ccc(OC)cc1)C(C)=O. The van der Waals surface area contributed by atoms with Gasteiger partial charge in [0, 0.05) is 20.0 Å². The second kappa shape index (κ2) is 11.1. The summed E-state index contributed by atoms with van der Waals surface area (Å²) in [4.78, 5) is 27.1. The van der Waals surface area contributed by atoms with E-state index in [4.69, 9.17) is 4.74 Å². The maximum Gasteiger partial charge on any atom is 0.247 e. The molecule has 1 N–H and O–H groups in total. The molecule has 0 aliphatic carbocycles. The van der Waals surface area contributed by atoms with Gasteiger partial charge < -0.3 is 15.0 Å². The molecule has 150 valence electrons. The number of carbonyl (C=O) groups excluding carboxylic acids is 2. The van der Waals surface area contributed by atoms with Crippen LogP contribution in [0.25, 0.3) is 0 Å². The Morgan fingerprint density at radius 2 is 1.71 bits per heavy atom. The molecule has 5 heteroatoms. The molecule has 0 unspecified atom stereocenters. The van der Waals surface area contributed by atoms with Gasteiger partial charge in [0.2, 0.25) is 11.8 Å². The molecule has 2 aromatic rings. The van der Waals surface area contributed by atoms with E-state index in [-0.39, 0.29) is 11.8 Å². The van der Waals surface area contributed by atoms with Crippen LogP contribution in [0.2, 0.25) is 0 Å². The van der Waals surface area contributed by atoms with E-state index in [0.29, 0.717) is 13.1 Å². The predicted octanol–water partition coefficient (Wildman–Crippen LogP) is 4.09. The van der Waals surface area contributed by atoms with Crippen LogP contribution in [-0.4, -0.2) is 30.4 Å². The van der Waals surface area contributed by atoms with Crippen molar-refractivity contribution in [2.24, 2.45) is 0 Å². The fraction of sp³-hybridized carbons (Fsp3) is 0.391. The Balaban J connectivity index is 2.25. The number of amides is 2. The molecule has 0 saturated heterocycles. The van der Waals surface area contributed by atoms with Crippen LogP contribution < -0.4 is 10.1 Å². The summed E-state index contributed by atoms with van der Waals surface area (Å²) in [5.74, 6) is 0.464. The van der Waals surface area contributed by atoms with E-state index < -0.39 is 6.04 Å². The predicted molar refractivity (Wildman–Crippen MR) is 111 cm³/mol. The molecule has 0 aliphatic rings. The average Bonchev–Trinajstić information content (AvgIpc) is 2.72. The van der Waals surface area contributed by atoms with Crippen molar-refractivity contribution in [1.29, 1.82) is 0 Å². The van der Waals surface area contributed by atoms with Gasteiger partial charge in [-0.25, -0.2) is 0 Å². The lowest BCUT2D eigenvalue weighted by atomic mass is 10.0. The maximum atomic E-state index is 13.0. The van der Waals surface area contributed by atoms with Crippen molar-refractivity contribution in [3.05, 3.63) is 65.7 Å². The van der Waals surface area contributed by atoms with Crippen LogP contribution in [0.4, 0.5) is 0 Å². The summed E-state index contributed by atoms with van der Waals surface area (Å²) >= 11 is 0. The van der Waals surface area contributed by atoms with Crippen molar-refractivity contribution in [2.75, 3.05) is 13.7 Å². The Labute approximate surface area is 167 Å². The van der Waals surface area contributed by atoms with E-state index in [9.17, 15) is 9.59 Å². The topological polar surface area (TPSA) is 58.6 Å². The standard InChI is InChI=1S/C23H30N2O3/c1-4-5-9-16-24-23(27)22(20-10-7-6-8-11-20)25(18(2)26)17-19-12-14-21(28-3)15-13-19/h6-8,10-15,22H,4-5,9,16-17H2,1-3H3,(H,24,27)/t22-/m0/s1. The van der Waals surface area contributed by atoms with Gasteiger partial charge in [-0.1, -0.05) is 62.2 Å². The Bertz CT molecular complexity index is 744. The van der Waals surface area contributed by atoms with Gasteiger partial charge in [0.1, 0.15) is 11.8 Å². The number of methoxy groups -OCH3 is 1. The molecule has 0 radical (unpaired) electrons. The van der Waals surface area contributed by atoms with Gasteiger partial charge in [0.05, 0.1) is 7.11 Å². The number of nitrogens with zero attached hydrogens (tertiary/aromatic N) is 1. The van der Waals surface area contributed by atoms with Crippen LogP contribution in [0.15, 0.2) is 54.6 Å². The van der Waals surface area contributed by atoms with Gasteiger partial charge in [0.25, 0.3) is 0 Å². The van der Waals surface area contributed by atoms with Gasteiger partial charge in [-0.3, -0.25) is 9.59 Å². The highest BCUT2D eigenvalue weighted by atomic mass is 16.5. The number of nitrogens with one attached hydrogen (secondary N) is 1. The average molecular weight is 383 g/mol. The first kappa shape index (κ1) is 21.5. The molecule has 2 rings (SSSR count). The Morgan fingerprint density at radius 1 is 1.04 bits per heavy atom. The van der Waals surface area contributed by atoms with Crippen molar-refractivity contribution < 1.29 is 14.3 Å². The summed E-state index contributed by atoms with van der Waals surface area (Å²) in [6.07, 6.45) is 3.09. The van der Waals surface area contributed by atoms with Crippen LogP contribution in [0.3, 0.4) is 0 Å². The minimum atomic E-state index is -0.664. The molecular weight excluding hydrogens is 352 g/mol. The second-order valence-electron chi connectivity index (χ2n) is 6.81. The zero-order valence-electron chi connectivity index (χ0n) is 17.0. The van der Waals surface area contributed by atoms with Crippen LogP contribution in [-0.2, 0) is 16.1 Å². The summed E-state index contributed by atoms with van der Waals surface area (Å²) in [6.45, 7) is 4.59. The number of unbranched alkanes of at least 4 members (excludes halogenated alkanes) is 2. The molecule has 0 spiro atoms. The van der Waals surface area contributed by atoms with E-state index in [1.54, 1.807) is 12.0 Å². The quantitative estimate of drug-likeness (QED) is 0.630. The molecule has 0 aliphatic heterocycles. The highest BCUT2D eigenvalue weighted by molar-refractivity contribution is 5.88. The molecule has 28 heavy (non-hydrogen) atoms. The largest absolute Gasteiger partial charge is 0.497 e. The number of carbonyl (C=O) groups is 2. The molecule has 0 aromatic heterocycles. The summed E-state index contributed by atoms with van der Waals surface area (Å²) in [6, 6.07) is 16.3. The third-order valence-electron chi connectivity index (χ3n) is 4.67. The Kier molecular flexibility index (Phi) is 8.53. The molecule has 2 aromatic carbocycles. The number of hydrogen-bond donors (Lipinski definition) is 1. The lowest BCUT2D eigenvalue weighted by Gasteiger charge is -2.30. The van der Waals surface area contributed by atoms with Crippen molar-refractivity contribution in [3.63, 3.8) is 0 Å². The minimum absolute atomic E-state index is 0.145. The lowest BCUT2D eigenvalue weighted by Crippen LogP contribution is -2.42. The number of ether oxygens (including phenoxy) is 1. The first-order valence-corrected chi connectivity index (χ1v) is 9.79. The first-order valence-electron chi connectivity index (χ1n) is 9.79. The van der Waals surface area contributed by atoms with Gasteiger partial charge in [0.15, 0.2) is 0 Å². The van der Waals surface area contributed by atoms with Crippen molar-refractivity contribution in [3.8, 4) is 5.75 Å². The van der Waals surface area contributed by atoms with E-state index in [0.717, 1.165) is 36.1 Å². The minimum Gasteiger partial charge on any atom is -0.497 e. The molecule has 2 amide bonds. The first-order chi connectivity index (χ1) is 13.6. The van der Waals surface area contributed by atoms with Gasteiger partial charge in [-0.05, 0) is 29.7 Å². The highest BCUT2D eigenvalue weighted by Crippen LogP contribution is 2.24. The van der Waals surface area contributed by atoms with E-state index >= 15 is 0 Å². The van der Waals surface area contributed by atoms with E-state index in [1.807, 2.05) is 54.6 Å². The summed E-state index contributed by atoms with van der Waals surface area (Å²) in [5, 5.41) is 3.00. The molecule has 0 fully saturated rings. The summed E-state index contributed by atoms with van der Waals surface area (Å²) < 4.78 is 5.20. The number of benzene rings is 2. The molecular formula is C23H30N2O3. The summed E-state index contributed by atoms with van der Waals surface area (Å²) in [5.41, 5.74) is 1.75.